The summed E-state index contributed by atoms with van der Waals surface area (Å²) in [5.74, 6) is 2.51. The molecule has 0 radical (unpaired) electrons. The van der Waals surface area contributed by atoms with Gasteiger partial charge in [0.25, 0.3) is 0 Å². The van der Waals surface area contributed by atoms with Crippen molar-refractivity contribution in [3.05, 3.63) is 0 Å². The molecule has 1 saturated heterocycles. The van der Waals surface area contributed by atoms with Crippen molar-refractivity contribution in [1.82, 2.24) is 4.90 Å². The molecule has 0 aromatic heterocycles. The monoisotopic (exact) mass is 269 g/mol. The van der Waals surface area contributed by atoms with E-state index in [4.69, 9.17) is 9.47 Å². The molecule has 3 heteroatoms. The van der Waals surface area contributed by atoms with E-state index in [-0.39, 0.29) is 0 Å². The lowest BCUT2D eigenvalue weighted by Gasteiger charge is -2.46. The van der Waals surface area contributed by atoms with E-state index in [1.54, 1.807) is 0 Å². The Bertz CT molecular complexity index is 265. The lowest BCUT2D eigenvalue weighted by Crippen LogP contribution is -2.50. The minimum Gasteiger partial charge on any atom is -0.385 e. The molecule has 1 aliphatic heterocycles. The SMILES string of the molecule is COCC[C@H]1CCN(CC2CC(OC)C2)[C@@H](C)[C@H]1C. The summed E-state index contributed by atoms with van der Waals surface area (Å²) in [6.45, 7) is 8.31. The topological polar surface area (TPSA) is 21.7 Å². The summed E-state index contributed by atoms with van der Waals surface area (Å²) in [4.78, 5) is 2.71. The first-order chi connectivity index (χ1) is 9.15. The van der Waals surface area contributed by atoms with E-state index in [0.717, 1.165) is 30.4 Å². The number of methoxy groups -OCH3 is 2. The van der Waals surface area contributed by atoms with Gasteiger partial charge in [-0.05, 0) is 56.9 Å². The lowest BCUT2D eigenvalue weighted by molar-refractivity contribution is -0.0303. The standard InChI is InChI=1S/C16H31NO2/c1-12-13(2)17(7-5-15(12)6-8-18-3)11-14-9-16(10-14)19-4/h12-16H,5-11H2,1-4H3/t12-,13+,14?,15-,16?/m1/s1. The number of nitrogens with zero attached hydrogens (tertiary/aromatic N) is 1. The van der Waals surface area contributed by atoms with Gasteiger partial charge in [-0.1, -0.05) is 6.92 Å². The van der Waals surface area contributed by atoms with Gasteiger partial charge < -0.3 is 14.4 Å². The maximum Gasteiger partial charge on any atom is 0.0577 e. The van der Waals surface area contributed by atoms with Crippen LogP contribution >= 0.6 is 0 Å². The van der Waals surface area contributed by atoms with Crippen LogP contribution in [0.5, 0.6) is 0 Å². The molecule has 3 atom stereocenters. The van der Waals surface area contributed by atoms with Crippen LogP contribution in [0.25, 0.3) is 0 Å². The van der Waals surface area contributed by atoms with Crippen molar-refractivity contribution in [2.75, 3.05) is 33.9 Å². The van der Waals surface area contributed by atoms with E-state index in [1.165, 1.54) is 38.8 Å². The summed E-state index contributed by atoms with van der Waals surface area (Å²) in [5.41, 5.74) is 0. The highest BCUT2D eigenvalue weighted by atomic mass is 16.5. The quantitative estimate of drug-likeness (QED) is 0.740. The van der Waals surface area contributed by atoms with Gasteiger partial charge in [0.1, 0.15) is 0 Å². The summed E-state index contributed by atoms with van der Waals surface area (Å²) < 4.78 is 10.6. The largest absolute Gasteiger partial charge is 0.385 e. The third-order valence-electron chi connectivity index (χ3n) is 5.58. The molecule has 2 fully saturated rings. The fourth-order valence-electron chi connectivity index (χ4n) is 3.81. The normalized spacial score (nSPS) is 40.1. The first-order valence-electron chi connectivity index (χ1n) is 7.91. The third kappa shape index (κ3) is 3.71. The number of rotatable bonds is 6. The molecule has 0 N–H and O–H groups in total. The number of hydrogen-bond acceptors (Lipinski definition) is 3. The van der Waals surface area contributed by atoms with E-state index in [2.05, 4.69) is 18.7 Å². The van der Waals surface area contributed by atoms with Gasteiger partial charge in [-0.15, -0.1) is 0 Å². The number of ether oxygens (including phenoxy) is 2. The molecule has 2 aliphatic rings. The van der Waals surface area contributed by atoms with Crippen molar-refractivity contribution in [1.29, 1.82) is 0 Å². The minimum atomic E-state index is 0.539. The second kappa shape index (κ2) is 7.05. The maximum absolute atomic E-state index is 5.38. The zero-order valence-electron chi connectivity index (χ0n) is 13.1. The van der Waals surface area contributed by atoms with Crippen molar-refractivity contribution in [2.45, 2.75) is 51.7 Å². The van der Waals surface area contributed by atoms with Crippen LogP contribution in [0.4, 0.5) is 0 Å². The van der Waals surface area contributed by atoms with Crippen LogP contribution in [0.1, 0.15) is 39.5 Å². The average molecular weight is 269 g/mol. The molecular formula is C16H31NO2. The van der Waals surface area contributed by atoms with Gasteiger partial charge in [-0.3, -0.25) is 0 Å². The molecule has 0 bridgehead atoms. The van der Waals surface area contributed by atoms with E-state index >= 15 is 0 Å². The zero-order valence-corrected chi connectivity index (χ0v) is 13.1. The molecule has 0 amide bonds. The summed E-state index contributed by atoms with van der Waals surface area (Å²) in [5, 5.41) is 0. The molecule has 3 nitrogen and oxygen atoms in total. The number of piperidine rings is 1. The summed E-state index contributed by atoms with van der Waals surface area (Å²) >= 11 is 0. The van der Waals surface area contributed by atoms with Crippen molar-refractivity contribution >= 4 is 0 Å². The van der Waals surface area contributed by atoms with Crippen LogP contribution in [-0.2, 0) is 9.47 Å². The average Bonchev–Trinajstić information content (AvgIpc) is 2.37. The lowest BCUT2D eigenvalue weighted by atomic mass is 9.77. The molecule has 2 rings (SSSR count). The van der Waals surface area contributed by atoms with E-state index in [1.807, 2.05) is 14.2 Å². The summed E-state index contributed by atoms with van der Waals surface area (Å²) in [6, 6.07) is 0.720. The van der Waals surface area contributed by atoms with Gasteiger partial charge in [0.15, 0.2) is 0 Å². The van der Waals surface area contributed by atoms with Crippen molar-refractivity contribution in [3.8, 4) is 0 Å². The van der Waals surface area contributed by atoms with Gasteiger partial charge in [-0.2, -0.15) is 0 Å². The van der Waals surface area contributed by atoms with Gasteiger partial charge in [0.2, 0.25) is 0 Å². The minimum absolute atomic E-state index is 0.539. The highest BCUT2D eigenvalue weighted by molar-refractivity contribution is 4.89. The fraction of sp³-hybridized carbons (Fsp3) is 1.00. The van der Waals surface area contributed by atoms with E-state index < -0.39 is 0 Å². The highest BCUT2D eigenvalue weighted by Gasteiger charge is 2.36. The molecule has 1 heterocycles. The number of hydrogen-bond donors (Lipinski definition) is 0. The Kier molecular flexibility index (Phi) is 5.67. The molecule has 0 aromatic rings. The molecule has 1 aliphatic carbocycles. The van der Waals surface area contributed by atoms with Crippen LogP contribution < -0.4 is 0 Å². The van der Waals surface area contributed by atoms with Crippen LogP contribution in [0, 0.1) is 17.8 Å². The Morgan fingerprint density at radius 2 is 1.89 bits per heavy atom. The van der Waals surface area contributed by atoms with Crippen molar-refractivity contribution < 1.29 is 9.47 Å². The second-order valence-electron chi connectivity index (χ2n) is 6.62. The van der Waals surface area contributed by atoms with Crippen molar-refractivity contribution in [3.63, 3.8) is 0 Å². The van der Waals surface area contributed by atoms with Gasteiger partial charge in [0, 0.05) is 33.4 Å². The van der Waals surface area contributed by atoms with Crippen LogP contribution in [0.2, 0.25) is 0 Å². The van der Waals surface area contributed by atoms with Crippen LogP contribution in [0.3, 0.4) is 0 Å². The van der Waals surface area contributed by atoms with Crippen LogP contribution in [0.15, 0.2) is 0 Å². The second-order valence-corrected chi connectivity index (χ2v) is 6.62. The molecular weight excluding hydrogens is 238 g/mol. The number of likely N-dealkylation sites (tertiary alicyclic amines) is 1. The summed E-state index contributed by atoms with van der Waals surface area (Å²) in [7, 11) is 3.65. The van der Waals surface area contributed by atoms with E-state index in [0.29, 0.717) is 6.10 Å². The molecule has 0 spiro atoms. The Morgan fingerprint density at radius 1 is 1.16 bits per heavy atom. The molecule has 0 unspecified atom stereocenters. The Labute approximate surface area is 118 Å². The summed E-state index contributed by atoms with van der Waals surface area (Å²) in [6.07, 6.45) is 5.64. The third-order valence-corrected chi connectivity index (χ3v) is 5.58. The van der Waals surface area contributed by atoms with Gasteiger partial charge >= 0.3 is 0 Å². The van der Waals surface area contributed by atoms with E-state index in [9.17, 15) is 0 Å². The molecule has 0 aromatic carbocycles. The Hall–Kier alpha value is -0.120. The van der Waals surface area contributed by atoms with Gasteiger partial charge in [-0.25, -0.2) is 0 Å². The van der Waals surface area contributed by atoms with Crippen molar-refractivity contribution in [2.24, 2.45) is 17.8 Å². The smallest absolute Gasteiger partial charge is 0.0577 e. The fourth-order valence-corrected chi connectivity index (χ4v) is 3.81. The maximum atomic E-state index is 5.38. The Balaban J connectivity index is 1.75. The van der Waals surface area contributed by atoms with Gasteiger partial charge in [0.05, 0.1) is 6.10 Å². The zero-order chi connectivity index (χ0) is 13.8. The highest BCUT2D eigenvalue weighted by Crippen LogP contribution is 2.35. The predicted molar refractivity (Wildman–Crippen MR) is 78.3 cm³/mol. The predicted octanol–water partition coefficient (Wildman–Crippen LogP) is 2.79. The Morgan fingerprint density at radius 3 is 2.53 bits per heavy atom. The van der Waals surface area contributed by atoms with Crippen LogP contribution in [-0.4, -0.2) is 51.0 Å². The molecule has 19 heavy (non-hydrogen) atoms. The first kappa shape index (κ1) is 15.3. The molecule has 1 saturated carbocycles. The first-order valence-corrected chi connectivity index (χ1v) is 7.91. The molecule has 112 valence electrons.